The van der Waals surface area contributed by atoms with E-state index >= 15 is 0 Å². The second-order valence-corrected chi connectivity index (χ2v) is 11.8. The SMILES string of the molecule is C1=CC2NC(c3ccc(-c4c5ccccc5c(-c5ccc6ccccc6c5)c5ccccc45)cc3)=CN2C(c2ccccc2)=C1. The summed E-state index contributed by atoms with van der Waals surface area (Å²) in [6.45, 7) is 0. The number of nitrogens with zero attached hydrogens (tertiary/aromatic N) is 1. The van der Waals surface area contributed by atoms with Crippen molar-refractivity contribution in [2.75, 3.05) is 0 Å². The van der Waals surface area contributed by atoms with Crippen molar-refractivity contribution in [1.82, 2.24) is 10.2 Å². The van der Waals surface area contributed by atoms with Crippen LogP contribution in [-0.2, 0) is 0 Å². The standard InChI is InChI=1S/C43H30N2/c1-2-12-31(13-3-1)40-19-10-20-41-44-39(28-45(40)41)30-22-24-32(25-23-30)42-35-15-6-8-17-37(35)43(38-18-9-7-16-36(38)42)34-26-21-29-11-4-5-14-33(29)27-34/h1-28,41,44H. The van der Waals surface area contributed by atoms with Gasteiger partial charge in [-0.1, -0.05) is 146 Å². The van der Waals surface area contributed by atoms with Gasteiger partial charge in [-0.2, -0.15) is 0 Å². The van der Waals surface area contributed by atoms with Crippen LogP contribution in [0.4, 0.5) is 0 Å². The molecule has 2 heteroatoms. The summed E-state index contributed by atoms with van der Waals surface area (Å²) in [5.41, 5.74) is 9.75. The third-order valence-electron chi connectivity index (χ3n) is 9.22. The topological polar surface area (TPSA) is 15.3 Å². The first-order valence-electron chi connectivity index (χ1n) is 15.6. The maximum Gasteiger partial charge on any atom is 0.123 e. The molecule has 1 atom stereocenters. The normalized spacial score (nSPS) is 15.6. The highest BCUT2D eigenvalue weighted by Crippen LogP contribution is 2.44. The third-order valence-corrected chi connectivity index (χ3v) is 9.22. The molecule has 9 rings (SSSR count). The molecular weight excluding hydrogens is 544 g/mol. The van der Waals surface area contributed by atoms with Crippen molar-refractivity contribution in [3.05, 3.63) is 181 Å². The molecule has 0 spiro atoms. The minimum Gasteiger partial charge on any atom is -0.360 e. The van der Waals surface area contributed by atoms with Gasteiger partial charge >= 0.3 is 0 Å². The molecule has 0 amide bonds. The summed E-state index contributed by atoms with van der Waals surface area (Å²) < 4.78 is 0. The zero-order chi connectivity index (χ0) is 29.7. The zero-order valence-corrected chi connectivity index (χ0v) is 24.7. The van der Waals surface area contributed by atoms with E-state index in [4.69, 9.17) is 0 Å². The summed E-state index contributed by atoms with van der Waals surface area (Å²) >= 11 is 0. The van der Waals surface area contributed by atoms with Crippen LogP contribution in [0.15, 0.2) is 170 Å². The van der Waals surface area contributed by atoms with E-state index in [-0.39, 0.29) is 6.17 Å². The van der Waals surface area contributed by atoms with E-state index in [1.165, 1.54) is 71.4 Å². The fraction of sp³-hybridized carbons (Fsp3) is 0.0233. The number of hydrogen-bond donors (Lipinski definition) is 1. The van der Waals surface area contributed by atoms with E-state index in [1.54, 1.807) is 0 Å². The molecule has 7 aromatic carbocycles. The lowest BCUT2D eigenvalue weighted by Gasteiger charge is -2.28. The second-order valence-electron chi connectivity index (χ2n) is 11.8. The van der Waals surface area contributed by atoms with Gasteiger partial charge in [-0.15, -0.1) is 0 Å². The Kier molecular flexibility index (Phi) is 5.92. The maximum atomic E-state index is 3.73. The van der Waals surface area contributed by atoms with Gasteiger partial charge in [0.1, 0.15) is 6.17 Å². The van der Waals surface area contributed by atoms with Crippen LogP contribution in [0.3, 0.4) is 0 Å². The average molecular weight is 575 g/mol. The Morgan fingerprint density at radius 1 is 0.467 bits per heavy atom. The second kappa shape index (κ2) is 10.4. The Hall–Kier alpha value is -5.86. The van der Waals surface area contributed by atoms with Gasteiger partial charge < -0.3 is 10.2 Å². The highest BCUT2D eigenvalue weighted by Gasteiger charge is 2.27. The lowest BCUT2D eigenvalue weighted by atomic mass is 9.85. The predicted molar refractivity (Wildman–Crippen MR) is 190 cm³/mol. The summed E-state index contributed by atoms with van der Waals surface area (Å²) in [6.07, 6.45) is 8.89. The molecule has 0 bridgehead atoms. The van der Waals surface area contributed by atoms with Crippen LogP contribution in [-0.4, -0.2) is 11.1 Å². The van der Waals surface area contributed by atoms with Crippen LogP contribution in [0.25, 0.3) is 66.0 Å². The molecule has 0 radical (unpaired) electrons. The minimum atomic E-state index is 0.107. The summed E-state index contributed by atoms with van der Waals surface area (Å²) in [6, 6.07) is 52.9. The number of rotatable bonds is 4. The summed E-state index contributed by atoms with van der Waals surface area (Å²) in [4.78, 5) is 2.32. The molecule has 212 valence electrons. The molecule has 7 aromatic rings. The Bertz CT molecular complexity index is 2290. The first-order valence-corrected chi connectivity index (χ1v) is 15.6. The van der Waals surface area contributed by atoms with E-state index in [2.05, 4.69) is 180 Å². The van der Waals surface area contributed by atoms with Crippen LogP contribution < -0.4 is 5.32 Å². The Morgan fingerprint density at radius 3 is 1.71 bits per heavy atom. The molecule has 1 N–H and O–H groups in total. The van der Waals surface area contributed by atoms with E-state index in [0.717, 1.165) is 5.70 Å². The van der Waals surface area contributed by atoms with Crippen molar-refractivity contribution < 1.29 is 0 Å². The molecule has 45 heavy (non-hydrogen) atoms. The summed E-state index contributed by atoms with van der Waals surface area (Å²) in [5, 5.41) is 11.3. The third kappa shape index (κ3) is 4.26. The van der Waals surface area contributed by atoms with Gasteiger partial charge in [0.2, 0.25) is 0 Å². The highest BCUT2D eigenvalue weighted by atomic mass is 15.3. The Morgan fingerprint density at radius 2 is 1.02 bits per heavy atom. The Balaban J connectivity index is 1.15. The van der Waals surface area contributed by atoms with Crippen LogP contribution in [0.2, 0.25) is 0 Å². The van der Waals surface area contributed by atoms with Crippen molar-refractivity contribution in [3.63, 3.8) is 0 Å². The van der Waals surface area contributed by atoms with Gasteiger partial charge in [-0.05, 0) is 83.9 Å². The fourth-order valence-corrected chi connectivity index (χ4v) is 7.11. The Labute approximate surface area is 262 Å². The van der Waals surface area contributed by atoms with Gasteiger partial charge in [-0.3, -0.25) is 0 Å². The quantitative estimate of drug-likeness (QED) is 0.210. The summed E-state index contributed by atoms with van der Waals surface area (Å²) in [5.74, 6) is 0. The molecule has 2 heterocycles. The van der Waals surface area contributed by atoms with Gasteiger partial charge in [0.25, 0.3) is 0 Å². The number of benzene rings is 7. The average Bonchev–Trinajstić information content (AvgIpc) is 3.56. The van der Waals surface area contributed by atoms with Crippen molar-refractivity contribution in [2.45, 2.75) is 6.17 Å². The smallest absolute Gasteiger partial charge is 0.123 e. The van der Waals surface area contributed by atoms with Gasteiger partial charge in [0, 0.05) is 6.20 Å². The number of hydrogen-bond acceptors (Lipinski definition) is 2. The predicted octanol–water partition coefficient (Wildman–Crippen LogP) is 10.6. The fourth-order valence-electron chi connectivity index (χ4n) is 7.11. The van der Waals surface area contributed by atoms with Gasteiger partial charge in [0.15, 0.2) is 0 Å². The van der Waals surface area contributed by atoms with Crippen molar-refractivity contribution in [1.29, 1.82) is 0 Å². The molecule has 0 aliphatic carbocycles. The zero-order valence-electron chi connectivity index (χ0n) is 24.7. The molecular formula is C43H30N2. The minimum absolute atomic E-state index is 0.107. The van der Waals surface area contributed by atoms with Crippen LogP contribution >= 0.6 is 0 Å². The first kappa shape index (κ1) is 25.6. The molecule has 0 saturated heterocycles. The number of nitrogens with one attached hydrogen (secondary N) is 1. The highest BCUT2D eigenvalue weighted by molar-refractivity contribution is 6.21. The van der Waals surface area contributed by atoms with Crippen molar-refractivity contribution in [3.8, 4) is 22.3 Å². The number of allylic oxidation sites excluding steroid dienone is 2. The van der Waals surface area contributed by atoms with Crippen molar-refractivity contribution in [2.24, 2.45) is 0 Å². The van der Waals surface area contributed by atoms with E-state index in [9.17, 15) is 0 Å². The molecule has 0 fully saturated rings. The molecule has 2 aliphatic heterocycles. The van der Waals surface area contributed by atoms with E-state index in [1.807, 2.05) is 0 Å². The van der Waals surface area contributed by atoms with Crippen LogP contribution in [0.1, 0.15) is 11.1 Å². The largest absolute Gasteiger partial charge is 0.360 e. The van der Waals surface area contributed by atoms with Crippen molar-refractivity contribution >= 4 is 43.7 Å². The van der Waals surface area contributed by atoms with E-state index < -0.39 is 0 Å². The molecule has 2 aliphatic rings. The molecule has 0 aromatic heterocycles. The maximum absolute atomic E-state index is 3.73. The number of fused-ring (bicyclic) bond motifs is 4. The van der Waals surface area contributed by atoms with Gasteiger partial charge in [0.05, 0.1) is 11.4 Å². The van der Waals surface area contributed by atoms with E-state index in [0.29, 0.717) is 0 Å². The summed E-state index contributed by atoms with van der Waals surface area (Å²) in [7, 11) is 0. The molecule has 1 unspecified atom stereocenters. The lowest BCUT2D eigenvalue weighted by molar-refractivity contribution is 0.448. The van der Waals surface area contributed by atoms with Crippen LogP contribution in [0.5, 0.6) is 0 Å². The molecule has 2 nitrogen and oxygen atoms in total. The molecule has 0 saturated carbocycles. The van der Waals surface area contributed by atoms with Gasteiger partial charge in [-0.25, -0.2) is 0 Å². The first-order chi connectivity index (χ1) is 22.3. The van der Waals surface area contributed by atoms with Crippen LogP contribution in [0, 0.1) is 0 Å². The monoisotopic (exact) mass is 574 g/mol. The lowest BCUT2D eigenvalue weighted by Crippen LogP contribution is -2.34.